The number of aromatic nitrogens is 1. The fourth-order valence-corrected chi connectivity index (χ4v) is 5.89. The summed E-state index contributed by atoms with van der Waals surface area (Å²) in [6, 6.07) is 18.6. The van der Waals surface area contributed by atoms with Gasteiger partial charge in [0.2, 0.25) is 0 Å². The number of carbonyl (C=O) groups excluding carboxylic acids is 1. The van der Waals surface area contributed by atoms with Gasteiger partial charge in [0, 0.05) is 37.4 Å². The fourth-order valence-electron chi connectivity index (χ4n) is 4.75. The highest BCUT2D eigenvalue weighted by atomic mass is 32.1. The molecule has 2 aromatic carbocycles. The van der Waals surface area contributed by atoms with Crippen LogP contribution in [0.2, 0.25) is 0 Å². The maximum absolute atomic E-state index is 13.5. The third kappa shape index (κ3) is 4.00. The number of thiazole rings is 1. The normalized spacial score (nSPS) is 23.4. The van der Waals surface area contributed by atoms with E-state index in [1.807, 2.05) is 34.4 Å². The highest BCUT2D eigenvalue weighted by molar-refractivity contribution is 7.18. The Morgan fingerprint density at radius 3 is 2.47 bits per heavy atom. The van der Waals surface area contributed by atoms with Crippen molar-refractivity contribution in [2.24, 2.45) is 0 Å². The maximum Gasteiger partial charge on any atom is 0.285 e. The van der Waals surface area contributed by atoms with Gasteiger partial charge in [-0.05, 0) is 12.1 Å². The number of rotatable bonds is 4. The number of likely N-dealkylation sites (tertiary alicyclic amines) is 1. The molecule has 1 amide bonds. The molecule has 3 aromatic rings. The van der Waals surface area contributed by atoms with Crippen molar-refractivity contribution in [1.82, 2.24) is 9.88 Å². The molecule has 156 valence electrons. The molecule has 2 aliphatic heterocycles. The Kier molecular flexibility index (Phi) is 5.79. The van der Waals surface area contributed by atoms with E-state index in [4.69, 9.17) is 9.72 Å². The number of ether oxygens (including phenoxy) is 1. The molecular formula is C24H28N3O2S+. The monoisotopic (exact) mass is 422 g/mol. The van der Waals surface area contributed by atoms with Gasteiger partial charge in [0.25, 0.3) is 5.91 Å². The molecule has 2 fully saturated rings. The minimum Gasteiger partial charge on any atom is -0.378 e. The SMILES string of the molecule is O=C([C@H](c1ccccc1)[NH+]1CCC(c2nc3ccccc3s2)CC1)N1CCOCC1. The van der Waals surface area contributed by atoms with Gasteiger partial charge in [-0.15, -0.1) is 11.3 Å². The molecule has 0 radical (unpaired) electrons. The molecule has 1 atom stereocenters. The highest BCUT2D eigenvalue weighted by Gasteiger charge is 2.38. The number of hydrogen-bond acceptors (Lipinski definition) is 4. The molecule has 1 aromatic heterocycles. The first-order chi connectivity index (χ1) is 14.8. The van der Waals surface area contributed by atoms with Gasteiger partial charge >= 0.3 is 0 Å². The second kappa shape index (κ2) is 8.84. The first kappa shape index (κ1) is 19.7. The third-order valence-electron chi connectivity index (χ3n) is 6.40. The van der Waals surface area contributed by atoms with E-state index in [0.29, 0.717) is 32.2 Å². The van der Waals surface area contributed by atoms with Gasteiger partial charge in [-0.1, -0.05) is 42.5 Å². The van der Waals surface area contributed by atoms with Crippen LogP contribution in [0.3, 0.4) is 0 Å². The molecule has 0 aliphatic carbocycles. The number of quaternary nitrogens is 1. The predicted octanol–water partition coefficient (Wildman–Crippen LogP) is 2.66. The fraction of sp³-hybridized carbons (Fsp3) is 0.417. The van der Waals surface area contributed by atoms with Gasteiger partial charge < -0.3 is 14.5 Å². The molecule has 2 aliphatic rings. The van der Waals surface area contributed by atoms with Gasteiger partial charge in [0.05, 0.1) is 41.5 Å². The average molecular weight is 423 g/mol. The van der Waals surface area contributed by atoms with Gasteiger partial charge in [-0.3, -0.25) is 4.79 Å². The minimum atomic E-state index is -0.124. The molecule has 0 saturated carbocycles. The molecule has 0 unspecified atom stereocenters. The number of amides is 1. The van der Waals surface area contributed by atoms with Gasteiger partial charge in [-0.25, -0.2) is 4.98 Å². The summed E-state index contributed by atoms with van der Waals surface area (Å²) in [6.45, 7) is 4.67. The molecule has 30 heavy (non-hydrogen) atoms. The Balaban J connectivity index is 1.33. The van der Waals surface area contributed by atoms with E-state index in [0.717, 1.165) is 37.0 Å². The summed E-state index contributed by atoms with van der Waals surface area (Å²) in [6.07, 6.45) is 2.16. The molecule has 1 N–H and O–H groups in total. The summed E-state index contributed by atoms with van der Waals surface area (Å²) in [4.78, 5) is 21.8. The van der Waals surface area contributed by atoms with E-state index in [1.165, 1.54) is 14.6 Å². The lowest BCUT2D eigenvalue weighted by Crippen LogP contribution is -3.14. The molecule has 0 bridgehead atoms. The predicted molar refractivity (Wildman–Crippen MR) is 119 cm³/mol. The van der Waals surface area contributed by atoms with Gasteiger partial charge in [-0.2, -0.15) is 0 Å². The lowest BCUT2D eigenvalue weighted by molar-refractivity contribution is -0.927. The molecule has 2 saturated heterocycles. The molecule has 6 heteroatoms. The summed E-state index contributed by atoms with van der Waals surface area (Å²) in [7, 11) is 0. The number of nitrogens with one attached hydrogen (secondary N) is 1. The summed E-state index contributed by atoms with van der Waals surface area (Å²) in [5.74, 6) is 0.749. The molecule has 5 nitrogen and oxygen atoms in total. The smallest absolute Gasteiger partial charge is 0.285 e. The first-order valence-corrected chi connectivity index (χ1v) is 11.7. The number of piperidine rings is 1. The van der Waals surface area contributed by atoms with E-state index >= 15 is 0 Å². The highest BCUT2D eigenvalue weighted by Crippen LogP contribution is 2.32. The number of fused-ring (bicyclic) bond motifs is 1. The Bertz CT molecular complexity index is 959. The van der Waals surface area contributed by atoms with Crippen LogP contribution in [0.1, 0.15) is 35.4 Å². The van der Waals surface area contributed by atoms with Crippen molar-refractivity contribution in [3.63, 3.8) is 0 Å². The van der Waals surface area contributed by atoms with Crippen LogP contribution in [0.15, 0.2) is 54.6 Å². The second-order valence-corrected chi connectivity index (χ2v) is 9.30. The van der Waals surface area contributed by atoms with E-state index in [2.05, 4.69) is 36.4 Å². The number of morpholine rings is 1. The zero-order chi connectivity index (χ0) is 20.3. The molecule has 3 heterocycles. The zero-order valence-corrected chi connectivity index (χ0v) is 17.9. The minimum absolute atomic E-state index is 0.124. The van der Waals surface area contributed by atoms with Crippen molar-refractivity contribution in [3.05, 3.63) is 65.2 Å². The summed E-state index contributed by atoms with van der Waals surface area (Å²) in [5.41, 5.74) is 2.24. The van der Waals surface area contributed by atoms with Gasteiger partial charge in [0.15, 0.2) is 6.04 Å². The molecule has 5 rings (SSSR count). The van der Waals surface area contributed by atoms with Crippen molar-refractivity contribution in [3.8, 4) is 0 Å². The number of para-hydroxylation sites is 1. The lowest BCUT2D eigenvalue weighted by atomic mass is 9.94. The van der Waals surface area contributed by atoms with Crippen molar-refractivity contribution < 1.29 is 14.4 Å². The Morgan fingerprint density at radius 1 is 1.03 bits per heavy atom. The van der Waals surface area contributed by atoms with Crippen LogP contribution >= 0.6 is 11.3 Å². The van der Waals surface area contributed by atoms with Crippen molar-refractivity contribution >= 4 is 27.5 Å². The second-order valence-electron chi connectivity index (χ2n) is 8.23. The van der Waals surface area contributed by atoms with Crippen LogP contribution in [-0.4, -0.2) is 55.2 Å². The van der Waals surface area contributed by atoms with Crippen LogP contribution < -0.4 is 4.90 Å². The lowest BCUT2D eigenvalue weighted by Gasteiger charge is -2.37. The summed E-state index contributed by atoms with van der Waals surface area (Å²) < 4.78 is 6.73. The maximum atomic E-state index is 13.5. The quantitative estimate of drug-likeness (QED) is 0.703. The van der Waals surface area contributed by atoms with Crippen molar-refractivity contribution in [1.29, 1.82) is 0 Å². The van der Waals surface area contributed by atoms with Crippen LogP contribution in [0.25, 0.3) is 10.2 Å². The standard InChI is InChI=1S/C24H27N3O2S/c28-24(27-14-16-29-17-15-27)22(18-6-2-1-3-7-18)26-12-10-19(11-13-26)23-25-20-8-4-5-9-21(20)30-23/h1-9,19,22H,10-17H2/p+1/t22-/m0/s1. The van der Waals surface area contributed by atoms with E-state index in [-0.39, 0.29) is 11.9 Å². The van der Waals surface area contributed by atoms with Crippen LogP contribution in [-0.2, 0) is 9.53 Å². The summed E-state index contributed by atoms with van der Waals surface area (Å²) >= 11 is 1.83. The van der Waals surface area contributed by atoms with Crippen LogP contribution in [0, 0.1) is 0 Å². The van der Waals surface area contributed by atoms with E-state index in [9.17, 15) is 4.79 Å². The average Bonchev–Trinajstić information content (AvgIpc) is 3.25. The first-order valence-electron chi connectivity index (χ1n) is 10.9. The van der Waals surface area contributed by atoms with E-state index < -0.39 is 0 Å². The Labute approximate surface area is 181 Å². The van der Waals surface area contributed by atoms with Crippen LogP contribution in [0.5, 0.6) is 0 Å². The number of carbonyl (C=O) groups is 1. The van der Waals surface area contributed by atoms with Crippen LogP contribution in [0.4, 0.5) is 0 Å². The third-order valence-corrected chi connectivity index (χ3v) is 7.60. The summed E-state index contributed by atoms with van der Waals surface area (Å²) in [5, 5.41) is 1.26. The number of nitrogens with zero attached hydrogens (tertiary/aromatic N) is 2. The zero-order valence-electron chi connectivity index (χ0n) is 17.1. The van der Waals surface area contributed by atoms with Crippen molar-refractivity contribution in [2.75, 3.05) is 39.4 Å². The molecular weight excluding hydrogens is 394 g/mol. The number of hydrogen-bond donors (Lipinski definition) is 1. The van der Waals surface area contributed by atoms with Crippen molar-refractivity contribution in [2.45, 2.75) is 24.8 Å². The Morgan fingerprint density at radius 2 is 1.73 bits per heavy atom. The largest absolute Gasteiger partial charge is 0.378 e. The topological polar surface area (TPSA) is 46.9 Å². The Hall–Kier alpha value is -2.28. The number of benzene rings is 2. The van der Waals surface area contributed by atoms with E-state index in [1.54, 1.807) is 0 Å². The van der Waals surface area contributed by atoms with Gasteiger partial charge in [0.1, 0.15) is 0 Å². The molecule has 0 spiro atoms.